The van der Waals surface area contributed by atoms with Crippen molar-refractivity contribution in [3.05, 3.63) is 65.2 Å². The lowest BCUT2D eigenvalue weighted by atomic mass is 10.1. The number of aryl methyl sites for hydroxylation is 2. The Morgan fingerprint density at radius 2 is 1.67 bits per heavy atom. The number of carbonyl (C=O) groups is 2. The molecule has 1 atom stereocenters. The van der Waals surface area contributed by atoms with Crippen molar-refractivity contribution in [1.82, 2.24) is 16.2 Å². The van der Waals surface area contributed by atoms with Crippen molar-refractivity contribution in [2.24, 2.45) is 0 Å². The van der Waals surface area contributed by atoms with Crippen LogP contribution < -0.4 is 25.6 Å². The SMILES string of the molecule is COc1ccc(/C=C/C(=O)NC(=S)NNC(=O)C(C)Oc2ccc(C)c(C)c2)cc1. The summed E-state index contributed by atoms with van der Waals surface area (Å²) < 4.78 is 10.7. The number of carbonyl (C=O) groups excluding carboxylic acids is 2. The van der Waals surface area contributed by atoms with Crippen molar-refractivity contribution in [3.8, 4) is 11.5 Å². The molecule has 0 aliphatic carbocycles. The van der Waals surface area contributed by atoms with E-state index in [1.54, 1.807) is 38.3 Å². The third-order valence-corrected chi connectivity index (χ3v) is 4.44. The van der Waals surface area contributed by atoms with Gasteiger partial charge in [0.1, 0.15) is 11.5 Å². The maximum atomic E-state index is 12.2. The standard InChI is InChI=1S/C22H25N3O4S/c1-14-5-9-19(13-15(14)2)29-16(3)21(27)24-25-22(30)23-20(26)12-8-17-6-10-18(28-4)11-7-17/h5-13,16H,1-4H3,(H,24,27)(H2,23,25,26,30)/b12-8+. The summed E-state index contributed by atoms with van der Waals surface area (Å²) in [6.07, 6.45) is 2.21. The number of rotatable bonds is 6. The topological polar surface area (TPSA) is 88.7 Å². The van der Waals surface area contributed by atoms with Crippen LogP contribution in [0.2, 0.25) is 0 Å². The Morgan fingerprint density at radius 1 is 1.00 bits per heavy atom. The van der Waals surface area contributed by atoms with Gasteiger partial charge >= 0.3 is 0 Å². The van der Waals surface area contributed by atoms with E-state index in [2.05, 4.69) is 16.2 Å². The number of hydrogen-bond donors (Lipinski definition) is 3. The van der Waals surface area contributed by atoms with Crippen LogP contribution >= 0.6 is 12.2 Å². The van der Waals surface area contributed by atoms with Crippen LogP contribution in [0.25, 0.3) is 6.08 Å². The maximum absolute atomic E-state index is 12.2. The van der Waals surface area contributed by atoms with E-state index in [0.717, 1.165) is 22.4 Å². The van der Waals surface area contributed by atoms with Crippen molar-refractivity contribution in [1.29, 1.82) is 0 Å². The first-order valence-electron chi connectivity index (χ1n) is 9.25. The first-order valence-corrected chi connectivity index (χ1v) is 9.66. The highest BCUT2D eigenvalue weighted by atomic mass is 32.1. The third kappa shape index (κ3) is 7.21. The van der Waals surface area contributed by atoms with Crippen molar-refractivity contribution in [3.63, 3.8) is 0 Å². The molecule has 2 aromatic rings. The molecule has 0 aromatic heterocycles. The molecule has 1 unspecified atom stereocenters. The largest absolute Gasteiger partial charge is 0.497 e. The first-order chi connectivity index (χ1) is 14.3. The molecule has 158 valence electrons. The molecule has 0 fully saturated rings. The predicted octanol–water partition coefficient (Wildman–Crippen LogP) is 2.81. The zero-order valence-electron chi connectivity index (χ0n) is 17.3. The van der Waals surface area contributed by atoms with Gasteiger partial charge in [0.05, 0.1) is 7.11 Å². The van der Waals surface area contributed by atoms with E-state index in [1.807, 2.05) is 38.1 Å². The zero-order chi connectivity index (χ0) is 22.1. The second-order valence-corrected chi connectivity index (χ2v) is 6.95. The van der Waals surface area contributed by atoms with Gasteiger partial charge in [0.15, 0.2) is 11.2 Å². The summed E-state index contributed by atoms with van der Waals surface area (Å²) in [7, 11) is 1.58. The summed E-state index contributed by atoms with van der Waals surface area (Å²) in [5.74, 6) is 0.462. The number of hydrazine groups is 1. The van der Waals surface area contributed by atoms with Gasteiger partial charge < -0.3 is 9.47 Å². The maximum Gasteiger partial charge on any atom is 0.279 e. The predicted molar refractivity (Wildman–Crippen MR) is 120 cm³/mol. The van der Waals surface area contributed by atoms with Gasteiger partial charge in [0, 0.05) is 6.08 Å². The fourth-order valence-electron chi connectivity index (χ4n) is 2.34. The van der Waals surface area contributed by atoms with E-state index in [-0.39, 0.29) is 5.11 Å². The molecule has 7 nitrogen and oxygen atoms in total. The van der Waals surface area contributed by atoms with Gasteiger partial charge in [-0.2, -0.15) is 0 Å². The number of benzene rings is 2. The normalized spacial score (nSPS) is 11.5. The molecule has 0 saturated carbocycles. The van der Waals surface area contributed by atoms with Gasteiger partial charge in [0.25, 0.3) is 5.91 Å². The van der Waals surface area contributed by atoms with Crippen LogP contribution in [-0.4, -0.2) is 30.1 Å². The van der Waals surface area contributed by atoms with Crippen molar-refractivity contribution >= 4 is 35.2 Å². The summed E-state index contributed by atoms with van der Waals surface area (Å²) in [4.78, 5) is 24.1. The van der Waals surface area contributed by atoms with Crippen molar-refractivity contribution in [2.45, 2.75) is 26.9 Å². The average Bonchev–Trinajstić information content (AvgIpc) is 2.73. The molecule has 2 aromatic carbocycles. The molecule has 3 N–H and O–H groups in total. The minimum atomic E-state index is -0.756. The minimum absolute atomic E-state index is 0.0360. The van der Waals surface area contributed by atoms with Crippen LogP contribution in [-0.2, 0) is 9.59 Å². The zero-order valence-corrected chi connectivity index (χ0v) is 18.1. The van der Waals surface area contributed by atoms with Gasteiger partial charge in [-0.1, -0.05) is 18.2 Å². The first kappa shape index (κ1) is 22.9. The Balaban J connectivity index is 1.76. The number of hydrogen-bond acceptors (Lipinski definition) is 5. The third-order valence-electron chi connectivity index (χ3n) is 4.24. The molecule has 0 spiro atoms. The van der Waals surface area contributed by atoms with Crippen LogP contribution in [0, 0.1) is 13.8 Å². The van der Waals surface area contributed by atoms with E-state index < -0.39 is 17.9 Å². The Hall–Kier alpha value is -3.39. The molecular weight excluding hydrogens is 402 g/mol. The second-order valence-electron chi connectivity index (χ2n) is 6.55. The van der Waals surface area contributed by atoms with Crippen molar-refractivity contribution in [2.75, 3.05) is 7.11 Å². The van der Waals surface area contributed by atoms with Crippen LogP contribution in [0.15, 0.2) is 48.5 Å². The minimum Gasteiger partial charge on any atom is -0.497 e. The van der Waals surface area contributed by atoms with Gasteiger partial charge in [-0.25, -0.2) is 0 Å². The van der Waals surface area contributed by atoms with Crippen molar-refractivity contribution < 1.29 is 19.1 Å². The van der Waals surface area contributed by atoms with E-state index in [1.165, 1.54) is 6.08 Å². The number of nitrogens with one attached hydrogen (secondary N) is 3. The number of amides is 2. The smallest absolute Gasteiger partial charge is 0.279 e. The number of ether oxygens (including phenoxy) is 2. The summed E-state index contributed by atoms with van der Waals surface area (Å²) >= 11 is 5.01. The van der Waals surface area contributed by atoms with Gasteiger partial charge in [-0.3, -0.25) is 25.8 Å². The highest BCUT2D eigenvalue weighted by Gasteiger charge is 2.15. The van der Waals surface area contributed by atoms with Crippen LogP contribution in [0.4, 0.5) is 0 Å². The average molecular weight is 428 g/mol. The number of thiocarbonyl (C=S) groups is 1. The highest BCUT2D eigenvalue weighted by molar-refractivity contribution is 7.80. The summed E-state index contributed by atoms with van der Waals surface area (Å²) in [5, 5.41) is 2.41. The lowest BCUT2D eigenvalue weighted by Gasteiger charge is -2.16. The fraction of sp³-hybridized carbons (Fsp3) is 0.227. The molecule has 0 saturated heterocycles. The molecule has 0 radical (unpaired) electrons. The molecule has 0 heterocycles. The second kappa shape index (κ2) is 11.0. The lowest BCUT2D eigenvalue weighted by Crippen LogP contribution is -2.51. The Labute approximate surface area is 181 Å². The van der Waals surface area contributed by atoms with Gasteiger partial charge in [-0.05, 0) is 80.0 Å². The molecule has 0 bridgehead atoms. The highest BCUT2D eigenvalue weighted by Crippen LogP contribution is 2.17. The molecule has 2 amide bonds. The van der Waals surface area contributed by atoms with Crippen LogP contribution in [0.3, 0.4) is 0 Å². The molecular formula is C22H25N3O4S. The van der Waals surface area contributed by atoms with Gasteiger partial charge in [0.2, 0.25) is 5.91 Å². The summed E-state index contributed by atoms with van der Waals surface area (Å²) in [5.41, 5.74) is 7.94. The molecule has 30 heavy (non-hydrogen) atoms. The van der Waals surface area contributed by atoms with Gasteiger partial charge in [-0.15, -0.1) is 0 Å². The molecule has 2 rings (SSSR count). The number of methoxy groups -OCH3 is 1. The van der Waals surface area contributed by atoms with E-state index in [9.17, 15) is 9.59 Å². The van der Waals surface area contributed by atoms with Crippen LogP contribution in [0.5, 0.6) is 11.5 Å². The van der Waals surface area contributed by atoms with E-state index >= 15 is 0 Å². The van der Waals surface area contributed by atoms with Crippen LogP contribution in [0.1, 0.15) is 23.6 Å². The molecule has 0 aliphatic rings. The molecule has 8 heteroatoms. The van der Waals surface area contributed by atoms with E-state index in [4.69, 9.17) is 21.7 Å². The summed E-state index contributed by atoms with van der Waals surface area (Å²) in [6.45, 7) is 5.59. The Bertz CT molecular complexity index is 942. The van der Waals surface area contributed by atoms with E-state index in [0.29, 0.717) is 5.75 Å². The summed E-state index contributed by atoms with van der Waals surface area (Å²) in [6, 6.07) is 12.8. The molecule has 0 aliphatic heterocycles. The Kier molecular flexibility index (Phi) is 8.37. The lowest BCUT2D eigenvalue weighted by molar-refractivity contribution is -0.128. The fourth-order valence-corrected chi connectivity index (χ4v) is 2.49. The monoisotopic (exact) mass is 427 g/mol. The quantitative estimate of drug-likeness (QED) is 0.373. The Morgan fingerprint density at radius 3 is 2.30 bits per heavy atom.